The molecule has 0 aliphatic carbocycles. The smallest absolute Gasteiger partial charge is 0.274 e. The van der Waals surface area contributed by atoms with Crippen molar-refractivity contribution >= 4 is 23.3 Å². The molecule has 1 aliphatic heterocycles. The predicted molar refractivity (Wildman–Crippen MR) is 74.5 cm³/mol. The van der Waals surface area contributed by atoms with Crippen molar-refractivity contribution in [3.8, 4) is 0 Å². The quantitative estimate of drug-likeness (QED) is 0.885. The van der Waals surface area contributed by atoms with Crippen LogP contribution in [0.15, 0.2) is 12.1 Å². The van der Waals surface area contributed by atoms with Gasteiger partial charge in [-0.25, -0.2) is 4.98 Å². The highest BCUT2D eigenvalue weighted by molar-refractivity contribution is 6.33. The fourth-order valence-corrected chi connectivity index (χ4v) is 2.43. The van der Waals surface area contributed by atoms with Gasteiger partial charge in [-0.2, -0.15) is 0 Å². The second kappa shape index (κ2) is 5.75. The molecule has 2 unspecified atom stereocenters. The van der Waals surface area contributed by atoms with Crippen LogP contribution in [0.4, 0.5) is 5.82 Å². The summed E-state index contributed by atoms with van der Waals surface area (Å²) in [6, 6.07) is 3.39. The van der Waals surface area contributed by atoms with Crippen molar-refractivity contribution in [3.05, 3.63) is 22.8 Å². The first kappa shape index (κ1) is 14.1. The van der Waals surface area contributed by atoms with Crippen molar-refractivity contribution in [2.75, 3.05) is 25.5 Å². The number of aliphatic hydroxyl groups is 1. The summed E-state index contributed by atoms with van der Waals surface area (Å²) in [5, 5.41) is 12.8. The number of amides is 1. The number of likely N-dealkylation sites (tertiary alicyclic amines) is 1. The first-order chi connectivity index (χ1) is 9.02. The summed E-state index contributed by atoms with van der Waals surface area (Å²) < 4.78 is 0. The van der Waals surface area contributed by atoms with E-state index in [9.17, 15) is 9.90 Å². The fraction of sp³-hybridized carbons (Fsp3) is 0.538. The summed E-state index contributed by atoms with van der Waals surface area (Å²) in [6.45, 7) is 2.94. The van der Waals surface area contributed by atoms with Gasteiger partial charge in [0, 0.05) is 26.1 Å². The number of pyridine rings is 1. The Labute approximate surface area is 117 Å². The van der Waals surface area contributed by atoms with Gasteiger partial charge in [0.25, 0.3) is 5.91 Å². The lowest BCUT2D eigenvalue weighted by atomic mass is 10.0. The molecule has 1 aliphatic rings. The second-order valence-corrected chi connectivity index (χ2v) is 5.22. The number of aromatic nitrogens is 1. The van der Waals surface area contributed by atoms with Gasteiger partial charge in [0.2, 0.25) is 0 Å². The van der Waals surface area contributed by atoms with E-state index in [4.69, 9.17) is 11.6 Å². The molecule has 2 N–H and O–H groups in total. The zero-order chi connectivity index (χ0) is 14.0. The van der Waals surface area contributed by atoms with E-state index in [2.05, 4.69) is 10.3 Å². The average molecular weight is 284 g/mol. The van der Waals surface area contributed by atoms with Crippen LogP contribution in [0.25, 0.3) is 0 Å². The fourth-order valence-electron chi connectivity index (χ4n) is 2.25. The van der Waals surface area contributed by atoms with E-state index < -0.39 is 6.10 Å². The van der Waals surface area contributed by atoms with Crippen LogP contribution in [0.3, 0.4) is 0 Å². The molecular weight excluding hydrogens is 266 g/mol. The summed E-state index contributed by atoms with van der Waals surface area (Å²) >= 11 is 6.04. The molecule has 0 spiro atoms. The Kier molecular flexibility index (Phi) is 4.27. The van der Waals surface area contributed by atoms with E-state index in [1.165, 1.54) is 0 Å². The number of nitrogens with zero attached hydrogens (tertiary/aromatic N) is 2. The lowest BCUT2D eigenvalue weighted by Gasteiger charge is -2.18. The Hall–Kier alpha value is -1.33. The minimum absolute atomic E-state index is 0.134. The lowest BCUT2D eigenvalue weighted by Crippen LogP contribution is -2.31. The summed E-state index contributed by atoms with van der Waals surface area (Å²) in [7, 11) is 1.74. The van der Waals surface area contributed by atoms with Gasteiger partial charge in [-0.1, -0.05) is 11.6 Å². The van der Waals surface area contributed by atoms with Crippen LogP contribution >= 0.6 is 11.6 Å². The maximum absolute atomic E-state index is 12.4. The van der Waals surface area contributed by atoms with Gasteiger partial charge in [-0.3, -0.25) is 4.79 Å². The Morgan fingerprint density at radius 2 is 2.37 bits per heavy atom. The van der Waals surface area contributed by atoms with Gasteiger partial charge in [0.05, 0.1) is 11.1 Å². The minimum atomic E-state index is -0.398. The third kappa shape index (κ3) is 2.98. The number of anilines is 1. The second-order valence-electron chi connectivity index (χ2n) is 4.82. The lowest BCUT2D eigenvalue weighted by molar-refractivity contribution is 0.0757. The first-order valence-electron chi connectivity index (χ1n) is 6.34. The number of halogens is 1. The van der Waals surface area contributed by atoms with Crippen LogP contribution in [0, 0.1) is 5.92 Å². The molecule has 0 radical (unpaired) electrons. The van der Waals surface area contributed by atoms with E-state index in [1.807, 2.05) is 0 Å². The van der Waals surface area contributed by atoms with Crippen molar-refractivity contribution in [2.45, 2.75) is 19.4 Å². The molecule has 1 aromatic rings. The summed E-state index contributed by atoms with van der Waals surface area (Å²) in [6.07, 6.45) is 0.414. The molecule has 5 nitrogen and oxygen atoms in total. The molecule has 0 aromatic carbocycles. The summed E-state index contributed by atoms with van der Waals surface area (Å²) in [5.41, 5.74) is 0.264. The predicted octanol–water partition coefficient (Wildman–Crippen LogP) is 1.62. The summed E-state index contributed by atoms with van der Waals surface area (Å²) in [4.78, 5) is 18.3. The van der Waals surface area contributed by atoms with Crippen LogP contribution in [0.5, 0.6) is 0 Å². The van der Waals surface area contributed by atoms with Crippen LogP contribution in [0.1, 0.15) is 23.8 Å². The van der Waals surface area contributed by atoms with Crippen molar-refractivity contribution in [3.63, 3.8) is 0 Å². The minimum Gasteiger partial charge on any atom is -0.393 e. The Morgan fingerprint density at radius 1 is 1.63 bits per heavy atom. The zero-order valence-corrected chi connectivity index (χ0v) is 11.8. The third-order valence-corrected chi connectivity index (χ3v) is 3.80. The van der Waals surface area contributed by atoms with Gasteiger partial charge in [-0.05, 0) is 25.5 Å². The Bertz CT molecular complexity index is 479. The molecule has 1 amide bonds. The molecule has 1 aromatic heterocycles. The monoisotopic (exact) mass is 283 g/mol. The van der Waals surface area contributed by atoms with E-state index in [0.717, 1.165) is 6.42 Å². The van der Waals surface area contributed by atoms with Gasteiger partial charge >= 0.3 is 0 Å². The maximum Gasteiger partial charge on any atom is 0.274 e. The molecule has 2 heterocycles. The standard InChI is InChI=1S/C13H18ClN3O2/c1-8(18)9-5-6-17(7-9)13(19)12-10(14)3-4-11(15-2)16-12/h3-4,8-9,18H,5-7H2,1-2H3,(H,15,16). The number of nitrogens with one attached hydrogen (secondary N) is 1. The number of aliphatic hydroxyl groups excluding tert-OH is 1. The molecule has 19 heavy (non-hydrogen) atoms. The molecule has 6 heteroatoms. The first-order valence-corrected chi connectivity index (χ1v) is 6.72. The third-order valence-electron chi connectivity index (χ3n) is 3.50. The number of rotatable bonds is 3. The number of hydrogen-bond donors (Lipinski definition) is 2. The van der Waals surface area contributed by atoms with Gasteiger partial charge in [0.1, 0.15) is 11.5 Å². The maximum atomic E-state index is 12.4. The molecule has 104 valence electrons. The molecule has 2 atom stereocenters. The van der Waals surface area contributed by atoms with Crippen molar-refractivity contribution < 1.29 is 9.90 Å². The van der Waals surface area contributed by atoms with Crippen LogP contribution in [0.2, 0.25) is 5.02 Å². The SMILES string of the molecule is CNc1ccc(Cl)c(C(=O)N2CCC(C(C)O)C2)n1. The van der Waals surface area contributed by atoms with E-state index >= 15 is 0 Å². The molecule has 2 rings (SSSR count). The summed E-state index contributed by atoms with van der Waals surface area (Å²) in [5.74, 6) is 0.569. The molecular formula is C13H18ClN3O2. The highest BCUT2D eigenvalue weighted by atomic mass is 35.5. The van der Waals surface area contributed by atoms with E-state index in [0.29, 0.717) is 23.9 Å². The van der Waals surface area contributed by atoms with E-state index in [-0.39, 0.29) is 17.5 Å². The average Bonchev–Trinajstić information content (AvgIpc) is 2.88. The van der Waals surface area contributed by atoms with Gasteiger partial charge < -0.3 is 15.3 Å². The largest absolute Gasteiger partial charge is 0.393 e. The van der Waals surface area contributed by atoms with E-state index in [1.54, 1.807) is 31.0 Å². The highest BCUT2D eigenvalue weighted by Gasteiger charge is 2.31. The van der Waals surface area contributed by atoms with Crippen LogP contribution in [-0.2, 0) is 0 Å². The molecule has 1 fully saturated rings. The normalized spacial score (nSPS) is 20.4. The van der Waals surface area contributed by atoms with Crippen LogP contribution in [-0.4, -0.2) is 47.1 Å². The van der Waals surface area contributed by atoms with Crippen molar-refractivity contribution in [1.29, 1.82) is 0 Å². The highest BCUT2D eigenvalue weighted by Crippen LogP contribution is 2.24. The zero-order valence-electron chi connectivity index (χ0n) is 11.1. The molecule has 1 saturated heterocycles. The number of carbonyl (C=O) groups is 1. The van der Waals surface area contributed by atoms with Gasteiger partial charge in [0.15, 0.2) is 0 Å². The Balaban J connectivity index is 2.16. The number of hydrogen-bond acceptors (Lipinski definition) is 4. The van der Waals surface area contributed by atoms with Crippen molar-refractivity contribution in [1.82, 2.24) is 9.88 Å². The number of carbonyl (C=O) groups excluding carboxylic acids is 1. The molecule has 0 saturated carbocycles. The topological polar surface area (TPSA) is 65.5 Å². The van der Waals surface area contributed by atoms with Gasteiger partial charge in [-0.15, -0.1) is 0 Å². The Morgan fingerprint density at radius 3 is 2.95 bits per heavy atom. The van der Waals surface area contributed by atoms with Crippen LogP contribution < -0.4 is 5.32 Å². The molecule has 0 bridgehead atoms. The van der Waals surface area contributed by atoms with Crippen molar-refractivity contribution in [2.24, 2.45) is 5.92 Å².